The Morgan fingerprint density at radius 1 is 1.25 bits per heavy atom. The lowest BCUT2D eigenvalue weighted by Crippen LogP contribution is -2.20. The Morgan fingerprint density at radius 2 is 1.88 bits per heavy atom. The van der Waals surface area contributed by atoms with Gasteiger partial charge in [-0.05, 0) is 25.2 Å². The van der Waals surface area contributed by atoms with Crippen LogP contribution in [0.3, 0.4) is 0 Å². The summed E-state index contributed by atoms with van der Waals surface area (Å²) in [6.07, 6.45) is 3.06. The number of rotatable bonds is 6. The molecule has 0 aromatic rings. The molecule has 0 saturated carbocycles. The summed E-state index contributed by atoms with van der Waals surface area (Å²) in [5.74, 6) is 1.23. The van der Waals surface area contributed by atoms with Crippen molar-refractivity contribution in [3.05, 3.63) is 11.5 Å². The Labute approximate surface area is 98.8 Å². The van der Waals surface area contributed by atoms with E-state index in [1.807, 2.05) is 0 Å². The summed E-state index contributed by atoms with van der Waals surface area (Å²) in [5.41, 5.74) is 1.19. The third-order valence-corrected chi connectivity index (χ3v) is 2.68. The van der Waals surface area contributed by atoms with Gasteiger partial charge in [-0.25, -0.2) is 0 Å². The molecular weight excluding hydrogens is 204 g/mol. The number of hydrogen-bond donors (Lipinski definition) is 0. The molecule has 0 aromatic carbocycles. The van der Waals surface area contributed by atoms with E-state index >= 15 is 0 Å². The highest BCUT2D eigenvalue weighted by Gasteiger charge is 2.21. The maximum atomic E-state index is 5.68. The van der Waals surface area contributed by atoms with Crippen molar-refractivity contribution in [2.45, 2.75) is 40.0 Å². The van der Waals surface area contributed by atoms with Crippen LogP contribution < -0.4 is 0 Å². The molecule has 94 valence electrons. The summed E-state index contributed by atoms with van der Waals surface area (Å²) in [6, 6.07) is 0. The number of ether oxygens (including phenoxy) is 3. The van der Waals surface area contributed by atoms with E-state index in [1.165, 1.54) is 5.57 Å². The molecular formula is C13H24O3. The second-order valence-corrected chi connectivity index (χ2v) is 4.25. The highest BCUT2D eigenvalue weighted by atomic mass is 16.7. The van der Waals surface area contributed by atoms with Gasteiger partial charge in [-0.3, -0.25) is 0 Å². The van der Waals surface area contributed by atoms with Crippen molar-refractivity contribution < 1.29 is 14.2 Å². The van der Waals surface area contributed by atoms with E-state index in [0.717, 1.165) is 45.0 Å². The molecule has 0 aliphatic carbocycles. The molecule has 3 nitrogen and oxygen atoms in total. The van der Waals surface area contributed by atoms with Crippen LogP contribution in [0.4, 0.5) is 0 Å². The highest BCUT2D eigenvalue weighted by Crippen LogP contribution is 2.25. The molecule has 16 heavy (non-hydrogen) atoms. The molecule has 0 aromatic heterocycles. The quantitative estimate of drug-likeness (QED) is 0.654. The standard InChI is InChI=1S/C13H24O3/c1-4-7-15-13(16-8-5-2)12-10-14-9-6-11(12)3/h11H,4-10H2,1-3H3. The lowest BCUT2D eigenvalue weighted by Gasteiger charge is -2.25. The first-order valence-electron chi connectivity index (χ1n) is 6.35. The van der Waals surface area contributed by atoms with Gasteiger partial charge in [0.2, 0.25) is 0 Å². The van der Waals surface area contributed by atoms with Crippen molar-refractivity contribution in [1.82, 2.24) is 0 Å². The van der Waals surface area contributed by atoms with E-state index in [4.69, 9.17) is 14.2 Å². The minimum absolute atomic E-state index is 0.512. The van der Waals surface area contributed by atoms with Gasteiger partial charge in [0.15, 0.2) is 0 Å². The number of hydrogen-bond acceptors (Lipinski definition) is 3. The van der Waals surface area contributed by atoms with Crippen LogP contribution in [0.25, 0.3) is 0 Å². The van der Waals surface area contributed by atoms with Crippen molar-refractivity contribution in [2.75, 3.05) is 26.4 Å². The van der Waals surface area contributed by atoms with E-state index in [9.17, 15) is 0 Å². The third-order valence-electron chi connectivity index (χ3n) is 2.68. The molecule has 0 radical (unpaired) electrons. The van der Waals surface area contributed by atoms with Gasteiger partial charge >= 0.3 is 0 Å². The molecule has 1 heterocycles. The van der Waals surface area contributed by atoms with E-state index in [2.05, 4.69) is 20.8 Å². The maximum Gasteiger partial charge on any atom is 0.280 e. The molecule has 0 bridgehead atoms. The predicted molar refractivity (Wildman–Crippen MR) is 64.1 cm³/mol. The SMILES string of the molecule is CCCOC(OCCC)=C1COCCC1C. The van der Waals surface area contributed by atoms with Gasteiger partial charge in [-0.2, -0.15) is 0 Å². The summed E-state index contributed by atoms with van der Waals surface area (Å²) in [4.78, 5) is 0. The largest absolute Gasteiger partial charge is 0.465 e. The van der Waals surface area contributed by atoms with Gasteiger partial charge in [-0.15, -0.1) is 0 Å². The Hall–Kier alpha value is -0.700. The Morgan fingerprint density at radius 3 is 2.38 bits per heavy atom. The predicted octanol–water partition coefficient (Wildman–Crippen LogP) is 3.11. The van der Waals surface area contributed by atoms with Crippen molar-refractivity contribution in [2.24, 2.45) is 5.92 Å². The molecule has 0 N–H and O–H groups in total. The van der Waals surface area contributed by atoms with E-state index in [1.54, 1.807) is 0 Å². The molecule has 1 aliphatic heterocycles. The van der Waals surface area contributed by atoms with Crippen molar-refractivity contribution in [3.8, 4) is 0 Å². The molecule has 1 unspecified atom stereocenters. The smallest absolute Gasteiger partial charge is 0.280 e. The first-order valence-corrected chi connectivity index (χ1v) is 6.35. The lowest BCUT2D eigenvalue weighted by molar-refractivity contribution is 0.0158. The monoisotopic (exact) mass is 228 g/mol. The zero-order chi connectivity index (χ0) is 11.8. The van der Waals surface area contributed by atoms with Crippen molar-refractivity contribution in [1.29, 1.82) is 0 Å². The first kappa shape index (κ1) is 13.4. The fraction of sp³-hybridized carbons (Fsp3) is 0.846. The minimum Gasteiger partial charge on any atom is -0.465 e. The zero-order valence-electron chi connectivity index (χ0n) is 10.8. The zero-order valence-corrected chi connectivity index (χ0v) is 10.8. The Bertz CT molecular complexity index is 213. The summed E-state index contributed by atoms with van der Waals surface area (Å²) < 4.78 is 16.8. The second kappa shape index (κ2) is 7.55. The van der Waals surface area contributed by atoms with Crippen LogP contribution in [0, 0.1) is 5.92 Å². The maximum absolute atomic E-state index is 5.68. The van der Waals surface area contributed by atoms with Crippen LogP contribution in [-0.2, 0) is 14.2 Å². The molecule has 0 amide bonds. The van der Waals surface area contributed by atoms with Crippen LogP contribution in [-0.4, -0.2) is 26.4 Å². The third kappa shape index (κ3) is 4.05. The lowest BCUT2D eigenvalue weighted by atomic mass is 9.97. The van der Waals surface area contributed by atoms with Crippen molar-refractivity contribution in [3.63, 3.8) is 0 Å². The summed E-state index contributed by atoms with van der Waals surface area (Å²) in [5, 5.41) is 0. The molecule has 1 atom stereocenters. The molecule has 1 fully saturated rings. The van der Waals surface area contributed by atoms with Crippen LogP contribution in [0.5, 0.6) is 0 Å². The Balaban J connectivity index is 2.64. The fourth-order valence-electron chi connectivity index (χ4n) is 1.64. The van der Waals surface area contributed by atoms with Gasteiger partial charge < -0.3 is 14.2 Å². The van der Waals surface area contributed by atoms with Crippen LogP contribution in [0.2, 0.25) is 0 Å². The average Bonchev–Trinajstić information content (AvgIpc) is 2.31. The average molecular weight is 228 g/mol. The van der Waals surface area contributed by atoms with Crippen LogP contribution in [0.1, 0.15) is 40.0 Å². The van der Waals surface area contributed by atoms with Gasteiger partial charge in [0.1, 0.15) is 0 Å². The molecule has 1 rings (SSSR count). The van der Waals surface area contributed by atoms with Gasteiger partial charge in [-0.1, -0.05) is 20.8 Å². The van der Waals surface area contributed by atoms with Crippen molar-refractivity contribution >= 4 is 0 Å². The summed E-state index contributed by atoms with van der Waals surface area (Å²) in [7, 11) is 0. The first-order chi connectivity index (χ1) is 7.79. The molecule has 3 heteroatoms. The van der Waals surface area contributed by atoms with E-state index < -0.39 is 0 Å². The molecule has 1 aliphatic rings. The van der Waals surface area contributed by atoms with Gasteiger partial charge in [0.05, 0.1) is 19.8 Å². The van der Waals surface area contributed by atoms with Crippen LogP contribution >= 0.6 is 0 Å². The summed E-state index contributed by atoms with van der Waals surface area (Å²) >= 11 is 0. The van der Waals surface area contributed by atoms with E-state index in [0.29, 0.717) is 12.5 Å². The molecule has 0 spiro atoms. The molecule has 1 saturated heterocycles. The highest BCUT2D eigenvalue weighted by molar-refractivity contribution is 5.09. The minimum atomic E-state index is 0.512. The topological polar surface area (TPSA) is 27.7 Å². The van der Waals surface area contributed by atoms with Gasteiger partial charge in [0.25, 0.3) is 5.95 Å². The van der Waals surface area contributed by atoms with Gasteiger partial charge in [0, 0.05) is 12.2 Å². The fourth-order valence-corrected chi connectivity index (χ4v) is 1.64. The Kier molecular flexibility index (Phi) is 6.31. The van der Waals surface area contributed by atoms with Crippen LogP contribution in [0.15, 0.2) is 11.5 Å². The normalized spacial score (nSPS) is 20.7. The second-order valence-electron chi connectivity index (χ2n) is 4.25. The summed E-state index contributed by atoms with van der Waals surface area (Å²) in [6.45, 7) is 9.35. The van der Waals surface area contributed by atoms with E-state index in [-0.39, 0.29) is 0 Å².